The van der Waals surface area contributed by atoms with E-state index >= 15 is 0 Å². The normalized spacial score (nSPS) is 20.1. The number of benzene rings is 1. The average molecular weight is 481 g/mol. The highest BCUT2D eigenvalue weighted by Gasteiger charge is 2.45. The molecular formula is C27H24N6O3. The standard InChI is InChI=1S/C27H24N6O3/c1-34-18-10-16-6-8-29-25(24(16)31-13-18)32-17-4-5-22-19(11-17)27(7-9-35-26(28)33-27)20-12-21(15-2-3-15)30-14-23(20)36-22/h4-6,8,10-15H,2-3,7,9H2,1H3,(H2,28,33)(H,29,32)/t27-/m0/s1. The molecule has 180 valence electrons. The van der Waals surface area contributed by atoms with Gasteiger partial charge in [-0.2, -0.15) is 0 Å². The van der Waals surface area contributed by atoms with Crippen LogP contribution in [0.25, 0.3) is 10.9 Å². The Hall–Kier alpha value is -4.40. The largest absolute Gasteiger partial charge is 0.495 e. The molecule has 9 nitrogen and oxygen atoms in total. The molecule has 1 atom stereocenters. The fourth-order valence-electron chi connectivity index (χ4n) is 5.10. The number of methoxy groups -OCH3 is 1. The molecule has 0 bridgehead atoms. The van der Waals surface area contributed by atoms with Gasteiger partial charge < -0.3 is 25.3 Å². The van der Waals surface area contributed by atoms with E-state index in [1.165, 1.54) is 0 Å². The summed E-state index contributed by atoms with van der Waals surface area (Å²) in [4.78, 5) is 18.6. The van der Waals surface area contributed by atoms with Gasteiger partial charge in [-0.25, -0.2) is 15.0 Å². The Labute approximate surface area is 207 Å². The van der Waals surface area contributed by atoms with Crippen LogP contribution in [-0.4, -0.2) is 34.7 Å². The third-order valence-electron chi connectivity index (χ3n) is 7.06. The van der Waals surface area contributed by atoms with Gasteiger partial charge in [-0.05, 0) is 49.2 Å². The van der Waals surface area contributed by atoms with Gasteiger partial charge >= 0.3 is 0 Å². The maximum atomic E-state index is 6.31. The van der Waals surface area contributed by atoms with Crippen LogP contribution in [-0.2, 0) is 10.3 Å². The minimum Gasteiger partial charge on any atom is -0.495 e. The number of amidine groups is 1. The first-order valence-electron chi connectivity index (χ1n) is 12.0. The van der Waals surface area contributed by atoms with E-state index in [9.17, 15) is 0 Å². The molecule has 0 unspecified atom stereocenters. The predicted octanol–water partition coefficient (Wildman–Crippen LogP) is 4.74. The van der Waals surface area contributed by atoms with Crippen molar-refractivity contribution in [1.29, 1.82) is 0 Å². The quantitative estimate of drug-likeness (QED) is 0.430. The minimum absolute atomic E-state index is 0.178. The third kappa shape index (κ3) is 3.30. The van der Waals surface area contributed by atoms with Crippen molar-refractivity contribution >= 4 is 28.4 Å². The van der Waals surface area contributed by atoms with Crippen molar-refractivity contribution in [3.05, 3.63) is 71.8 Å². The van der Waals surface area contributed by atoms with E-state index in [-0.39, 0.29) is 6.02 Å². The van der Waals surface area contributed by atoms with E-state index in [4.69, 9.17) is 24.9 Å². The summed E-state index contributed by atoms with van der Waals surface area (Å²) in [7, 11) is 1.63. The number of aromatic nitrogens is 3. The molecular weight excluding hydrogens is 456 g/mol. The van der Waals surface area contributed by atoms with Gasteiger partial charge in [0.2, 0.25) is 0 Å². The van der Waals surface area contributed by atoms with Crippen molar-refractivity contribution in [2.45, 2.75) is 30.7 Å². The van der Waals surface area contributed by atoms with Crippen molar-refractivity contribution in [3.8, 4) is 17.2 Å². The van der Waals surface area contributed by atoms with Crippen LogP contribution in [0.2, 0.25) is 0 Å². The van der Waals surface area contributed by atoms with Crippen LogP contribution < -0.4 is 20.5 Å². The molecule has 3 aliphatic rings. The van der Waals surface area contributed by atoms with E-state index in [0.717, 1.165) is 52.0 Å². The summed E-state index contributed by atoms with van der Waals surface area (Å²) in [5.41, 5.74) is 10.0. The maximum absolute atomic E-state index is 6.31. The number of nitrogens with two attached hydrogens (primary N) is 1. The molecule has 4 aromatic rings. The Morgan fingerprint density at radius 3 is 2.75 bits per heavy atom. The van der Waals surface area contributed by atoms with Crippen LogP contribution in [0.4, 0.5) is 11.5 Å². The van der Waals surface area contributed by atoms with E-state index in [1.807, 2.05) is 30.5 Å². The molecule has 1 spiro atoms. The number of ether oxygens (including phenoxy) is 3. The molecule has 2 aliphatic heterocycles. The number of pyridine rings is 3. The summed E-state index contributed by atoms with van der Waals surface area (Å²) in [6, 6.07) is 12.1. The van der Waals surface area contributed by atoms with Crippen LogP contribution in [0.3, 0.4) is 0 Å². The van der Waals surface area contributed by atoms with Gasteiger partial charge in [-0.15, -0.1) is 0 Å². The summed E-state index contributed by atoms with van der Waals surface area (Å²) < 4.78 is 17.2. The zero-order valence-electron chi connectivity index (χ0n) is 19.7. The Morgan fingerprint density at radius 1 is 1.03 bits per heavy atom. The third-order valence-corrected chi connectivity index (χ3v) is 7.06. The fourth-order valence-corrected chi connectivity index (χ4v) is 5.10. The molecule has 9 heteroatoms. The van der Waals surface area contributed by atoms with Crippen LogP contribution in [0.1, 0.15) is 42.0 Å². The molecule has 36 heavy (non-hydrogen) atoms. The molecule has 1 aliphatic carbocycles. The van der Waals surface area contributed by atoms with Crippen LogP contribution >= 0.6 is 0 Å². The smallest absolute Gasteiger partial charge is 0.283 e. The van der Waals surface area contributed by atoms with Gasteiger partial charge in [0, 0.05) is 46.4 Å². The maximum Gasteiger partial charge on any atom is 0.283 e. The summed E-state index contributed by atoms with van der Waals surface area (Å²) in [6.45, 7) is 0.462. The fraction of sp³-hybridized carbons (Fsp3) is 0.259. The highest BCUT2D eigenvalue weighted by Crippen LogP contribution is 2.53. The van der Waals surface area contributed by atoms with Gasteiger partial charge in [0.15, 0.2) is 11.6 Å². The lowest BCUT2D eigenvalue weighted by Crippen LogP contribution is -2.38. The molecule has 1 aromatic carbocycles. The SMILES string of the molecule is COc1cnc2c(Nc3ccc4c(c3)[C@@]3(CCOC(N)=N3)c3cc(C5CC5)ncc3O4)nccc2c1. The molecule has 3 N–H and O–H groups in total. The number of nitrogens with one attached hydrogen (secondary N) is 1. The number of rotatable bonds is 4. The average Bonchev–Trinajstić information content (AvgIpc) is 3.75. The number of aliphatic imine (C=N–C) groups is 1. The minimum atomic E-state index is -0.715. The van der Waals surface area contributed by atoms with E-state index < -0.39 is 5.54 Å². The monoisotopic (exact) mass is 480 g/mol. The lowest BCUT2D eigenvalue weighted by molar-refractivity contribution is 0.219. The Kier molecular flexibility index (Phi) is 4.54. The van der Waals surface area contributed by atoms with Crippen LogP contribution in [0.15, 0.2) is 60.0 Å². The second kappa shape index (κ2) is 7.81. The molecule has 1 fully saturated rings. The Morgan fingerprint density at radius 2 is 1.92 bits per heavy atom. The molecule has 5 heterocycles. The first-order chi connectivity index (χ1) is 17.6. The first-order valence-corrected chi connectivity index (χ1v) is 12.0. The summed E-state index contributed by atoms with van der Waals surface area (Å²) in [6.07, 6.45) is 8.23. The Balaban J connectivity index is 1.34. The van der Waals surface area contributed by atoms with E-state index in [0.29, 0.717) is 36.3 Å². The molecule has 1 saturated carbocycles. The second-order valence-electron chi connectivity index (χ2n) is 9.33. The van der Waals surface area contributed by atoms with Gasteiger partial charge in [-0.1, -0.05) is 0 Å². The number of nitrogens with zero attached hydrogens (tertiary/aromatic N) is 4. The first kappa shape index (κ1) is 20.9. The number of fused-ring (bicyclic) bond motifs is 5. The molecule has 0 amide bonds. The molecule has 7 rings (SSSR count). The summed E-state index contributed by atoms with van der Waals surface area (Å²) >= 11 is 0. The summed E-state index contributed by atoms with van der Waals surface area (Å²) in [5.74, 6) is 3.28. The second-order valence-corrected chi connectivity index (χ2v) is 9.33. The Bertz CT molecular complexity index is 1550. The lowest BCUT2D eigenvalue weighted by atomic mass is 9.77. The number of hydrogen-bond donors (Lipinski definition) is 2. The lowest BCUT2D eigenvalue weighted by Gasteiger charge is -2.39. The number of anilines is 2. The van der Waals surface area contributed by atoms with Crippen molar-refractivity contribution < 1.29 is 14.2 Å². The van der Waals surface area contributed by atoms with Gasteiger partial charge in [0.25, 0.3) is 6.02 Å². The molecule has 0 radical (unpaired) electrons. The van der Waals surface area contributed by atoms with Crippen LogP contribution in [0, 0.1) is 0 Å². The predicted molar refractivity (Wildman–Crippen MR) is 135 cm³/mol. The highest BCUT2D eigenvalue weighted by molar-refractivity contribution is 5.90. The molecule has 3 aromatic heterocycles. The van der Waals surface area contributed by atoms with Gasteiger partial charge in [0.05, 0.1) is 26.1 Å². The van der Waals surface area contributed by atoms with Crippen molar-refractivity contribution in [2.24, 2.45) is 10.7 Å². The van der Waals surface area contributed by atoms with Crippen molar-refractivity contribution in [2.75, 3.05) is 19.0 Å². The van der Waals surface area contributed by atoms with E-state index in [2.05, 4.69) is 32.4 Å². The summed E-state index contributed by atoms with van der Waals surface area (Å²) in [5, 5.41) is 4.37. The topological polar surface area (TPSA) is 117 Å². The zero-order valence-corrected chi connectivity index (χ0v) is 19.7. The van der Waals surface area contributed by atoms with Crippen LogP contribution in [0.5, 0.6) is 17.2 Å². The molecule has 0 saturated heterocycles. The zero-order chi connectivity index (χ0) is 24.3. The van der Waals surface area contributed by atoms with Crippen molar-refractivity contribution in [1.82, 2.24) is 15.0 Å². The van der Waals surface area contributed by atoms with Gasteiger partial charge in [0.1, 0.15) is 22.6 Å². The van der Waals surface area contributed by atoms with E-state index in [1.54, 1.807) is 19.5 Å². The highest BCUT2D eigenvalue weighted by atomic mass is 16.5. The number of hydrogen-bond acceptors (Lipinski definition) is 9. The van der Waals surface area contributed by atoms with Crippen molar-refractivity contribution in [3.63, 3.8) is 0 Å². The van der Waals surface area contributed by atoms with Gasteiger partial charge in [-0.3, -0.25) is 4.98 Å².